The smallest absolute Gasteiger partial charge is 0.317 e. The summed E-state index contributed by atoms with van der Waals surface area (Å²) < 4.78 is 0. The number of hydrogen-bond acceptors (Lipinski definition) is 2. The Morgan fingerprint density at radius 3 is 2.79 bits per heavy atom. The van der Waals surface area contributed by atoms with E-state index in [9.17, 15) is 9.90 Å². The summed E-state index contributed by atoms with van der Waals surface area (Å²) in [5.74, 6) is 1.13. The van der Waals surface area contributed by atoms with Gasteiger partial charge in [0.2, 0.25) is 0 Å². The average Bonchev–Trinajstić information content (AvgIpc) is 3.15. The Kier molecular flexibility index (Phi) is 4.43. The number of carbonyl (C=O) groups is 1. The number of benzene rings is 1. The number of aliphatic hydroxyl groups excluding tert-OH is 1. The second-order valence-electron chi connectivity index (χ2n) is 5.43. The van der Waals surface area contributed by atoms with Gasteiger partial charge in [-0.05, 0) is 30.7 Å². The minimum Gasteiger partial charge on any atom is -0.392 e. The van der Waals surface area contributed by atoms with E-state index in [1.165, 1.54) is 10.5 Å². The van der Waals surface area contributed by atoms with Crippen molar-refractivity contribution in [3.63, 3.8) is 0 Å². The number of urea groups is 1. The lowest BCUT2D eigenvalue weighted by molar-refractivity contribution is 0.144. The van der Waals surface area contributed by atoms with Crippen LogP contribution in [0.2, 0.25) is 0 Å². The zero-order valence-electron chi connectivity index (χ0n) is 11.5. The van der Waals surface area contributed by atoms with Gasteiger partial charge in [-0.25, -0.2) is 4.79 Å². The van der Waals surface area contributed by atoms with Crippen LogP contribution < -0.4 is 5.32 Å². The highest BCUT2D eigenvalue weighted by atomic mass is 16.3. The Morgan fingerprint density at radius 2 is 2.16 bits per heavy atom. The molecule has 4 heteroatoms. The monoisotopic (exact) mass is 262 g/mol. The highest BCUT2D eigenvalue weighted by molar-refractivity contribution is 5.73. The first-order valence-electron chi connectivity index (χ1n) is 6.80. The van der Waals surface area contributed by atoms with Crippen molar-refractivity contribution in [2.45, 2.75) is 25.4 Å². The zero-order valence-corrected chi connectivity index (χ0v) is 11.5. The lowest BCUT2D eigenvalue weighted by Gasteiger charge is -2.19. The molecule has 0 aliphatic heterocycles. The van der Waals surface area contributed by atoms with Crippen LogP contribution >= 0.6 is 0 Å². The van der Waals surface area contributed by atoms with Crippen molar-refractivity contribution in [1.29, 1.82) is 0 Å². The minimum absolute atomic E-state index is 0.111. The highest BCUT2D eigenvalue weighted by Gasteiger charge is 2.38. The summed E-state index contributed by atoms with van der Waals surface area (Å²) in [4.78, 5) is 13.3. The predicted octanol–water partition coefficient (Wildman–Crippen LogP) is 1.81. The summed E-state index contributed by atoms with van der Waals surface area (Å²) in [5.41, 5.74) is 1.36. The molecule has 0 radical (unpaired) electrons. The maximum atomic E-state index is 11.8. The van der Waals surface area contributed by atoms with E-state index in [1.807, 2.05) is 6.07 Å². The second-order valence-corrected chi connectivity index (χ2v) is 5.43. The molecule has 1 saturated carbocycles. The van der Waals surface area contributed by atoms with E-state index in [0.29, 0.717) is 24.9 Å². The Morgan fingerprint density at radius 1 is 1.47 bits per heavy atom. The topological polar surface area (TPSA) is 52.6 Å². The first-order valence-corrected chi connectivity index (χ1v) is 6.80. The summed E-state index contributed by atoms with van der Waals surface area (Å²) in [6.07, 6.45) is 0.651. The van der Waals surface area contributed by atoms with Crippen molar-refractivity contribution in [3.05, 3.63) is 35.9 Å². The third-order valence-electron chi connectivity index (χ3n) is 3.55. The van der Waals surface area contributed by atoms with Gasteiger partial charge in [-0.2, -0.15) is 0 Å². The third kappa shape index (κ3) is 3.96. The molecule has 2 N–H and O–H groups in total. The molecular formula is C15H22N2O2. The van der Waals surface area contributed by atoms with Gasteiger partial charge in [-0.15, -0.1) is 0 Å². The maximum Gasteiger partial charge on any atom is 0.317 e. The number of nitrogens with zero attached hydrogens (tertiary/aromatic N) is 1. The van der Waals surface area contributed by atoms with Crippen molar-refractivity contribution in [1.82, 2.24) is 10.2 Å². The largest absolute Gasteiger partial charge is 0.392 e. The number of likely N-dealkylation sites (N-methyl/N-ethyl adjacent to an activating group) is 1. The van der Waals surface area contributed by atoms with E-state index in [0.717, 1.165) is 6.42 Å². The molecule has 4 nitrogen and oxygen atoms in total. The van der Waals surface area contributed by atoms with Crippen molar-refractivity contribution in [2.24, 2.45) is 5.92 Å². The van der Waals surface area contributed by atoms with Crippen LogP contribution in [-0.2, 0) is 0 Å². The Labute approximate surface area is 114 Å². The van der Waals surface area contributed by atoms with Gasteiger partial charge in [0.15, 0.2) is 0 Å². The predicted molar refractivity (Wildman–Crippen MR) is 75.0 cm³/mol. The minimum atomic E-state index is -0.492. The van der Waals surface area contributed by atoms with Crippen molar-refractivity contribution in [3.8, 4) is 0 Å². The fourth-order valence-corrected chi connectivity index (χ4v) is 2.41. The number of rotatable bonds is 5. The molecule has 19 heavy (non-hydrogen) atoms. The molecule has 0 aromatic heterocycles. The summed E-state index contributed by atoms with van der Waals surface area (Å²) >= 11 is 0. The van der Waals surface area contributed by atoms with Gasteiger partial charge in [0, 0.05) is 20.1 Å². The molecule has 0 spiro atoms. The molecule has 1 aromatic carbocycles. The quantitative estimate of drug-likeness (QED) is 0.850. The molecule has 1 fully saturated rings. The fraction of sp³-hybridized carbons (Fsp3) is 0.533. The maximum absolute atomic E-state index is 11.8. The van der Waals surface area contributed by atoms with Crippen LogP contribution in [0, 0.1) is 5.92 Å². The Balaban J connectivity index is 1.72. The molecular weight excluding hydrogens is 240 g/mol. The number of carbonyl (C=O) groups excluding carboxylic acids is 1. The van der Waals surface area contributed by atoms with Gasteiger partial charge in [-0.3, -0.25) is 0 Å². The van der Waals surface area contributed by atoms with Crippen molar-refractivity contribution in [2.75, 3.05) is 20.1 Å². The van der Waals surface area contributed by atoms with Crippen LogP contribution in [0.15, 0.2) is 30.3 Å². The molecule has 0 heterocycles. The van der Waals surface area contributed by atoms with Crippen LogP contribution in [0.3, 0.4) is 0 Å². The van der Waals surface area contributed by atoms with Crippen LogP contribution in [0.4, 0.5) is 4.79 Å². The zero-order chi connectivity index (χ0) is 13.8. The molecule has 104 valence electrons. The molecule has 3 unspecified atom stereocenters. The van der Waals surface area contributed by atoms with Crippen LogP contribution in [0.25, 0.3) is 0 Å². The summed E-state index contributed by atoms with van der Waals surface area (Å²) in [5, 5.41) is 12.2. The standard InChI is InChI=1S/C15H22N2O2/c1-11(18)10-17(2)15(19)16-9-13-8-14(13)12-6-4-3-5-7-12/h3-7,11,13-14,18H,8-10H2,1-2H3,(H,16,19). The molecule has 1 aromatic rings. The Bertz CT molecular complexity index is 419. The van der Waals surface area contributed by atoms with E-state index >= 15 is 0 Å². The second kappa shape index (κ2) is 6.06. The molecule has 1 aliphatic carbocycles. The normalized spacial score (nSPS) is 22.7. The van der Waals surface area contributed by atoms with Crippen molar-refractivity contribution >= 4 is 6.03 Å². The van der Waals surface area contributed by atoms with Gasteiger partial charge in [0.05, 0.1) is 6.10 Å². The van der Waals surface area contributed by atoms with Gasteiger partial charge in [0.25, 0.3) is 0 Å². The van der Waals surface area contributed by atoms with Crippen LogP contribution in [0.5, 0.6) is 0 Å². The number of hydrogen-bond donors (Lipinski definition) is 2. The van der Waals surface area contributed by atoms with Gasteiger partial charge < -0.3 is 15.3 Å². The van der Waals surface area contributed by atoms with Gasteiger partial charge in [0.1, 0.15) is 0 Å². The van der Waals surface area contributed by atoms with E-state index in [2.05, 4.69) is 29.6 Å². The van der Waals surface area contributed by atoms with Crippen LogP contribution in [0.1, 0.15) is 24.8 Å². The van der Waals surface area contributed by atoms with E-state index in [4.69, 9.17) is 0 Å². The van der Waals surface area contributed by atoms with Crippen molar-refractivity contribution < 1.29 is 9.90 Å². The average molecular weight is 262 g/mol. The highest BCUT2D eigenvalue weighted by Crippen LogP contribution is 2.46. The lowest BCUT2D eigenvalue weighted by atomic mass is 10.1. The molecule has 0 bridgehead atoms. The lowest BCUT2D eigenvalue weighted by Crippen LogP contribution is -2.41. The van der Waals surface area contributed by atoms with E-state index in [-0.39, 0.29) is 6.03 Å². The number of aliphatic hydroxyl groups is 1. The number of amides is 2. The van der Waals surface area contributed by atoms with Gasteiger partial charge >= 0.3 is 6.03 Å². The molecule has 1 aliphatic rings. The SMILES string of the molecule is CC(O)CN(C)C(=O)NCC1CC1c1ccccc1. The molecule has 2 amide bonds. The molecule has 3 atom stereocenters. The summed E-state index contributed by atoms with van der Waals surface area (Å²) in [6, 6.07) is 10.3. The van der Waals surface area contributed by atoms with Crippen LogP contribution in [-0.4, -0.2) is 42.3 Å². The number of nitrogens with one attached hydrogen (secondary N) is 1. The first-order chi connectivity index (χ1) is 9.08. The summed E-state index contributed by atoms with van der Waals surface area (Å²) in [7, 11) is 1.70. The van der Waals surface area contributed by atoms with Gasteiger partial charge in [-0.1, -0.05) is 30.3 Å². The molecule has 0 saturated heterocycles. The van der Waals surface area contributed by atoms with E-state index < -0.39 is 6.10 Å². The molecule has 2 rings (SSSR count). The van der Waals surface area contributed by atoms with E-state index in [1.54, 1.807) is 14.0 Å². The summed E-state index contributed by atoms with van der Waals surface area (Å²) in [6.45, 7) is 2.75. The first kappa shape index (κ1) is 13.9. The third-order valence-corrected chi connectivity index (χ3v) is 3.55. The Hall–Kier alpha value is -1.55. The fourth-order valence-electron chi connectivity index (χ4n) is 2.41.